The molecule has 1 N–H and O–H groups in total. The number of hydrogen-bond donors (Lipinski definition) is 1. The SMILES string of the molecule is CCc1c(CNC2CC2)cnn1-c1ccc(C)cc1. The fraction of sp³-hybridized carbons (Fsp3) is 0.438. The normalized spacial score (nSPS) is 14.8. The zero-order valence-corrected chi connectivity index (χ0v) is 11.7. The van der Waals surface area contributed by atoms with Crippen LogP contribution in [0.1, 0.15) is 36.6 Å². The van der Waals surface area contributed by atoms with E-state index in [2.05, 4.69) is 53.2 Å². The quantitative estimate of drug-likeness (QED) is 0.890. The monoisotopic (exact) mass is 255 g/mol. The minimum Gasteiger partial charge on any atom is -0.310 e. The third-order valence-electron chi connectivity index (χ3n) is 3.73. The number of nitrogens with one attached hydrogen (secondary N) is 1. The highest BCUT2D eigenvalue weighted by atomic mass is 15.3. The molecule has 1 saturated carbocycles. The topological polar surface area (TPSA) is 29.9 Å². The molecule has 1 aliphatic rings. The van der Waals surface area contributed by atoms with Crippen LogP contribution in [0.5, 0.6) is 0 Å². The Labute approximate surface area is 114 Å². The fourth-order valence-corrected chi connectivity index (χ4v) is 2.38. The molecule has 3 heteroatoms. The lowest BCUT2D eigenvalue weighted by Gasteiger charge is -2.08. The minimum absolute atomic E-state index is 0.743. The highest BCUT2D eigenvalue weighted by molar-refractivity contribution is 5.37. The fourth-order valence-electron chi connectivity index (χ4n) is 2.38. The molecule has 100 valence electrons. The summed E-state index contributed by atoms with van der Waals surface area (Å²) in [6.45, 7) is 5.25. The van der Waals surface area contributed by atoms with Crippen molar-refractivity contribution in [3.63, 3.8) is 0 Å². The first-order valence-corrected chi connectivity index (χ1v) is 7.14. The largest absolute Gasteiger partial charge is 0.310 e. The molecule has 0 radical (unpaired) electrons. The molecule has 3 rings (SSSR count). The molecule has 19 heavy (non-hydrogen) atoms. The first-order chi connectivity index (χ1) is 9.28. The van der Waals surface area contributed by atoms with E-state index in [9.17, 15) is 0 Å². The molecule has 0 spiro atoms. The lowest BCUT2D eigenvalue weighted by molar-refractivity contribution is 0.680. The predicted octanol–water partition coefficient (Wildman–Crippen LogP) is 3.00. The Bertz CT molecular complexity index is 550. The summed E-state index contributed by atoms with van der Waals surface area (Å²) in [6.07, 6.45) is 5.67. The average Bonchev–Trinajstić information content (AvgIpc) is 3.16. The van der Waals surface area contributed by atoms with Crippen LogP contribution in [0, 0.1) is 6.92 Å². The number of benzene rings is 1. The summed E-state index contributed by atoms with van der Waals surface area (Å²) in [5.41, 5.74) is 5.08. The molecule has 2 aromatic rings. The Hall–Kier alpha value is -1.61. The second kappa shape index (κ2) is 5.17. The lowest BCUT2D eigenvalue weighted by atomic mass is 10.2. The van der Waals surface area contributed by atoms with Gasteiger partial charge in [-0.05, 0) is 38.3 Å². The van der Waals surface area contributed by atoms with Gasteiger partial charge in [-0.25, -0.2) is 4.68 Å². The molecule has 1 aliphatic carbocycles. The highest BCUT2D eigenvalue weighted by Gasteiger charge is 2.21. The summed E-state index contributed by atoms with van der Waals surface area (Å²) in [7, 11) is 0. The van der Waals surface area contributed by atoms with Gasteiger partial charge in [0.15, 0.2) is 0 Å². The van der Waals surface area contributed by atoms with Crippen LogP contribution in [-0.2, 0) is 13.0 Å². The van der Waals surface area contributed by atoms with E-state index in [0.717, 1.165) is 24.7 Å². The van der Waals surface area contributed by atoms with Crippen molar-refractivity contribution in [2.45, 2.75) is 45.7 Å². The minimum atomic E-state index is 0.743. The third-order valence-corrected chi connectivity index (χ3v) is 3.73. The molecule has 0 unspecified atom stereocenters. The van der Waals surface area contributed by atoms with Crippen LogP contribution in [0.3, 0.4) is 0 Å². The van der Waals surface area contributed by atoms with Gasteiger partial charge in [0.05, 0.1) is 11.9 Å². The molecule has 1 aromatic carbocycles. The van der Waals surface area contributed by atoms with E-state index in [1.54, 1.807) is 0 Å². The first-order valence-electron chi connectivity index (χ1n) is 7.14. The number of hydrogen-bond acceptors (Lipinski definition) is 2. The predicted molar refractivity (Wildman–Crippen MR) is 77.5 cm³/mol. The maximum absolute atomic E-state index is 4.56. The van der Waals surface area contributed by atoms with Crippen LogP contribution >= 0.6 is 0 Å². The molecule has 0 saturated heterocycles. The molecule has 0 aliphatic heterocycles. The summed E-state index contributed by atoms with van der Waals surface area (Å²) >= 11 is 0. The van der Waals surface area contributed by atoms with Crippen molar-refractivity contribution < 1.29 is 0 Å². The average molecular weight is 255 g/mol. The van der Waals surface area contributed by atoms with Crippen LogP contribution in [-0.4, -0.2) is 15.8 Å². The van der Waals surface area contributed by atoms with Gasteiger partial charge in [0.25, 0.3) is 0 Å². The van der Waals surface area contributed by atoms with Gasteiger partial charge in [0.1, 0.15) is 0 Å². The van der Waals surface area contributed by atoms with Crippen LogP contribution in [0.15, 0.2) is 30.5 Å². The molecule has 1 heterocycles. The van der Waals surface area contributed by atoms with E-state index in [0.29, 0.717) is 0 Å². The summed E-state index contributed by atoms with van der Waals surface area (Å²) in [4.78, 5) is 0. The Kier molecular flexibility index (Phi) is 3.38. The summed E-state index contributed by atoms with van der Waals surface area (Å²) < 4.78 is 2.07. The Morgan fingerprint density at radius 3 is 2.63 bits per heavy atom. The standard InChI is InChI=1S/C16H21N3/c1-3-16-13(10-17-14-6-7-14)11-18-19(16)15-8-4-12(2)5-9-15/h4-5,8-9,11,14,17H,3,6-7,10H2,1-2H3. The molecule has 0 bridgehead atoms. The number of rotatable bonds is 5. The van der Waals surface area contributed by atoms with Crippen LogP contribution in [0.25, 0.3) is 5.69 Å². The van der Waals surface area contributed by atoms with Crippen molar-refractivity contribution in [1.29, 1.82) is 0 Å². The smallest absolute Gasteiger partial charge is 0.0649 e. The Morgan fingerprint density at radius 2 is 2.00 bits per heavy atom. The van der Waals surface area contributed by atoms with E-state index >= 15 is 0 Å². The second-order valence-corrected chi connectivity index (χ2v) is 5.37. The van der Waals surface area contributed by atoms with E-state index in [-0.39, 0.29) is 0 Å². The van der Waals surface area contributed by atoms with Gasteiger partial charge in [-0.2, -0.15) is 5.10 Å². The van der Waals surface area contributed by atoms with Crippen molar-refractivity contribution in [3.05, 3.63) is 47.3 Å². The summed E-state index contributed by atoms with van der Waals surface area (Å²) in [5.74, 6) is 0. The second-order valence-electron chi connectivity index (χ2n) is 5.37. The van der Waals surface area contributed by atoms with Crippen LogP contribution in [0.2, 0.25) is 0 Å². The van der Waals surface area contributed by atoms with E-state index in [4.69, 9.17) is 0 Å². The van der Waals surface area contributed by atoms with Gasteiger partial charge in [-0.1, -0.05) is 24.6 Å². The van der Waals surface area contributed by atoms with Crippen LogP contribution < -0.4 is 5.32 Å². The van der Waals surface area contributed by atoms with Crippen molar-refractivity contribution in [2.75, 3.05) is 0 Å². The van der Waals surface area contributed by atoms with Crippen molar-refractivity contribution in [2.24, 2.45) is 0 Å². The highest BCUT2D eigenvalue weighted by Crippen LogP contribution is 2.21. The van der Waals surface area contributed by atoms with E-state index in [1.165, 1.54) is 29.7 Å². The Morgan fingerprint density at radius 1 is 1.26 bits per heavy atom. The third kappa shape index (κ3) is 2.71. The van der Waals surface area contributed by atoms with Crippen molar-refractivity contribution in [3.8, 4) is 5.69 Å². The molecular weight excluding hydrogens is 234 g/mol. The van der Waals surface area contributed by atoms with Gasteiger partial charge < -0.3 is 5.32 Å². The zero-order valence-electron chi connectivity index (χ0n) is 11.7. The van der Waals surface area contributed by atoms with E-state index in [1.807, 2.05) is 6.20 Å². The van der Waals surface area contributed by atoms with E-state index < -0.39 is 0 Å². The number of aromatic nitrogens is 2. The zero-order chi connectivity index (χ0) is 13.2. The molecule has 1 aromatic heterocycles. The Balaban J connectivity index is 1.85. The molecule has 0 atom stereocenters. The summed E-state index contributed by atoms with van der Waals surface area (Å²) in [6, 6.07) is 9.29. The van der Waals surface area contributed by atoms with Crippen molar-refractivity contribution >= 4 is 0 Å². The first kappa shape index (κ1) is 12.4. The number of aryl methyl sites for hydroxylation is 1. The number of nitrogens with zero attached hydrogens (tertiary/aromatic N) is 2. The van der Waals surface area contributed by atoms with Gasteiger partial charge >= 0.3 is 0 Å². The van der Waals surface area contributed by atoms with Crippen LogP contribution in [0.4, 0.5) is 0 Å². The molecule has 1 fully saturated rings. The lowest BCUT2D eigenvalue weighted by Crippen LogP contribution is -2.16. The van der Waals surface area contributed by atoms with Gasteiger partial charge in [0, 0.05) is 23.8 Å². The summed E-state index contributed by atoms with van der Waals surface area (Å²) in [5, 5.41) is 8.13. The van der Waals surface area contributed by atoms with Gasteiger partial charge in [0.2, 0.25) is 0 Å². The molecule has 0 amide bonds. The molecular formula is C16H21N3. The maximum atomic E-state index is 4.56. The maximum Gasteiger partial charge on any atom is 0.0649 e. The van der Waals surface area contributed by atoms with Gasteiger partial charge in [-0.3, -0.25) is 0 Å². The van der Waals surface area contributed by atoms with Gasteiger partial charge in [-0.15, -0.1) is 0 Å². The van der Waals surface area contributed by atoms with Crippen molar-refractivity contribution in [1.82, 2.24) is 15.1 Å². The molecule has 3 nitrogen and oxygen atoms in total.